The van der Waals surface area contributed by atoms with Gasteiger partial charge in [0, 0.05) is 31.5 Å². The molecule has 0 radical (unpaired) electrons. The molecule has 0 spiro atoms. The number of phenolic OH excluding ortho intramolecular Hbond substituents is 1. The first-order valence-electron chi connectivity index (χ1n) is 5.51. The first kappa shape index (κ1) is 14.4. The second-order valence-corrected chi connectivity index (χ2v) is 4.29. The van der Waals surface area contributed by atoms with Crippen molar-refractivity contribution in [3.8, 4) is 5.75 Å². The Hall–Kier alpha value is -0.620. The number of nitrogens with one attached hydrogen (secondary N) is 1. The van der Waals surface area contributed by atoms with Gasteiger partial charge in [0.05, 0.1) is 6.10 Å². The third-order valence-electron chi connectivity index (χ3n) is 3.19. The first-order chi connectivity index (χ1) is 7.72. The van der Waals surface area contributed by atoms with Crippen LogP contribution in [0.2, 0.25) is 0 Å². The van der Waals surface area contributed by atoms with Crippen molar-refractivity contribution in [3.05, 3.63) is 29.8 Å². The Balaban J connectivity index is 0.00000144. The number of hydrogen-bond acceptors (Lipinski definition) is 4. The van der Waals surface area contributed by atoms with Gasteiger partial charge in [-0.1, -0.05) is 12.1 Å². The molecule has 0 aliphatic carbocycles. The van der Waals surface area contributed by atoms with Crippen molar-refractivity contribution in [2.45, 2.75) is 12.0 Å². The fraction of sp³-hybridized carbons (Fsp3) is 0.500. The van der Waals surface area contributed by atoms with E-state index in [1.807, 2.05) is 0 Å². The summed E-state index contributed by atoms with van der Waals surface area (Å²) in [4.78, 5) is 0. The normalized spacial score (nSPS) is 28.5. The molecule has 0 amide bonds. The lowest BCUT2D eigenvalue weighted by Crippen LogP contribution is -2.46. The van der Waals surface area contributed by atoms with Gasteiger partial charge in [-0.15, -0.1) is 17.0 Å². The number of benzene rings is 1. The van der Waals surface area contributed by atoms with E-state index in [4.69, 9.17) is 0 Å². The molecule has 1 fully saturated rings. The molecule has 1 aromatic rings. The Morgan fingerprint density at radius 3 is 2.41 bits per heavy atom. The number of aliphatic hydroxyl groups is 2. The van der Waals surface area contributed by atoms with Crippen LogP contribution in [0, 0.1) is 5.92 Å². The minimum atomic E-state index is -0.490. The van der Waals surface area contributed by atoms with Gasteiger partial charge in [0.25, 0.3) is 0 Å². The lowest BCUT2D eigenvalue weighted by atomic mass is 9.80. The molecule has 5 heteroatoms. The zero-order chi connectivity index (χ0) is 11.5. The maximum Gasteiger partial charge on any atom is 0.115 e. The molecule has 17 heavy (non-hydrogen) atoms. The lowest BCUT2D eigenvalue weighted by molar-refractivity contribution is 0.0614. The van der Waals surface area contributed by atoms with Gasteiger partial charge < -0.3 is 20.6 Å². The average molecular weight is 304 g/mol. The summed E-state index contributed by atoms with van der Waals surface area (Å²) < 4.78 is 0. The highest BCUT2D eigenvalue weighted by molar-refractivity contribution is 8.93. The molecular weight excluding hydrogens is 286 g/mol. The van der Waals surface area contributed by atoms with E-state index in [9.17, 15) is 15.3 Å². The molecule has 0 unspecified atom stereocenters. The quantitative estimate of drug-likeness (QED) is 0.646. The van der Waals surface area contributed by atoms with Crippen LogP contribution in [-0.4, -0.2) is 41.1 Å². The predicted octanol–water partition coefficient (Wildman–Crippen LogP) is 0.626. The maximum absolute atomic E-state index is 9.96. The van der Waals surface area contributed by atoms with Gasteiger partial charge in [-0.25, -0.2) is 0 Å². The van der Waals surface area contributed by atoms with Crippen molar-refractivity contribution in [3.63, 3.8) is 0 Å². The summed E-state index contributed by atoms with van der Waals surface area (Å²) in [5.41, 5.74) is 0.964. The minimum absolute atomic E-state index is 0. The molecule has 1 aliphatic heterocycles. The van der Waals surface area contributed by atoms with Crippen molar-refractivity contribution in [2.75, 3.05) is 19.7 Å². The van der Waals surface area contributed by atoms with E-state index in [0.717, 1.165) is 5.56 Å². The van der Waals surface area contributed by atoms with Crippen molar-refractivity contribution < 1.29 is 15.3 Å². The number of phenols is 1. The zero-order valence-corrected chi connectivity index (χ0v) is 11.1. The third-order valence-corrected chi connectivity index (χ3v) is 3.19. The molecule has 0 saturated carbocycles. The molecule has 1 aliphatic rings. The summed E-state index contributed by atoms with van der Waals surface area (Å²) in [6, 6.07) is 6.82. The van der Waals surface area contributed by atoms with E-state index < -0.39 is 6.10 Å². The maximum atomic E-state index is 9.96. The van der Waals surface area contributed by atoms with Gasteiger partial charge in [0.15, 0.2) is 0 Å². The van der Waals surface area contributed by atoms with Crippen molar-refractivity contribution in [1.82, 2.24) is 5.32 Å². The van der Waals surface area contributed by atoms with Crippen molar-refractivity contribution in [1.29, 1.82) is 0 Å². The minimum Gasteiger partial charge on any atom is -0.508 e. The molecule has 1 heterocycles. The Bertz CT molecular complexity index is 344. The summed E-state index contributed by atoms with van der Waals surface area (Å²) in [5, 5.41) is 31.6. The number of β-amino-alcohol motifs (C(OH)–C–C–N with tert-alkyl or cyclic N) is 1. The smallest absolute Gasteiger partial charge is 0.115 e. The second kappa shape index (κ2) is 6.35. The fourth-order valence-electron chi connectivity index (χ4n) is 2.35. The Morgan fingerprint density at radius 1 is 1.18 bits per heavy atom. The highest BCUT2D eigenvalue weighted by atomic mass is 79.9. The largest absolute Gasteiger partial charge is 0.508 e. The van der Waals surface area contributed by atoms with E-state index >= 15 is 0 Å². The highest BCUT2D eigenvalue weighted by Gasteiger charge is 2.32. The number of piperidine rings is 1. The van der Waals surface area contributed by atoms with Crippen LogP contribution in [0.4, 0.5) is 0 Å². The van der Waals surface area contributed by atoms with Crippen LogP contribution in [-0.2, 0) is 0 Å². The van der Waals surface area contributed by atoms with E-state index in [1.54, 1.807) is 24.3 Å². The number of halogens is 1. The molecule has 96 valence electrons. The van der Waals surface area contributed by atoms with Crippen LogP contribution in [0.25, 0.3) is 0 Å². The zero-order valence-electron chi connectivity index (χ0n) is 9.41. The third kappa shape index (κ3) is 3.19. The molecule has 2 rings (SSSR count). The standard InChI is InChI=1S/C12H17NO3.BrH/c14-7-9-5-13-6-11(16)12(9)8-1-3-10(15)4-2-8;/h1-4,9,11-16H,5-7H2;1H/t9-,11-,12-;/m0./s1. The Kier molecular flexibility index (Phi) is 5.39. The van der Waals surface area contributed by atoms with Gasteiger partial charge in [-0.05, 0) is 17.7 Å². The van der Waals surface area contributed by atoms with E-state index in [1.165, 1.54) is 0 Å². The average Bonchev–Trinajstić information content (AvgIpc) is 2.30. The van der Waals surface area contributed by atoms with Crippen LogP contribution < -0.4 is 5.32 Å². The van der Waals surface area contributed by atoms with Gasteiger partial charge in [0.1, 0.15) is 5.75 Å². The number of hydrogen-bond donors (Lipinski definition) is 4. The summed E-state index contributed by atoms with van der Waals surface area (Å²) in [6.07, 6.45) is -0.490. The van der Waals surface area contributed by atoms with Crippen molar-refractivity contribution in [2.24, 2.45) is 5.92 Å². The predicted molar refractivity (Wildman–Crippen MR) is 70.6 cm³/mol. The summed E-state index contributed by atoms with van der Waals surface area (Å²) in [5.74, 6) is 0.174. The molecule has 4 N–H and O–H groups in total. The van der Waals surface area contributed by atoms with Gasteiger partial charge >= 0.3 is 0 Å². The van der Waals surface area contributed by atoms with Crippen molar-refractivity contribution >= 4 is 17.0 Å². The topological polar surface area (TPSA) is 72.7 Å². The van der Waals surface area contributed by atoms with Crippen LogP contribution in [0.15, 0.2) is 24.3 Å². The van der Waals surface area contributed by atoms with Crippen LogP contribution in [0.1, 0.15) is 11.5 Å². The van der Waals surface area contributed by atoms with Gasteiger partial charge in [-0.2, -0.15) is 0 Å². The molecular formula is C12H18BrNO3. The molecule has 0 aromatic heterocycles. The summed E-state index contributed by atoms with van der Waals surface area (Å²) >= 11 is 0. The Labute approximate surface area is 111 Å². The lowest BCUT2D eigenvalue weighted by Gasteiger charge is -2.35. The van der Waals surface area contributed by atoms with Gasteiger partial charge in [-0.3, -0.25) is 0 Å². The number of aromatic hydroxyl groups is 1. The summed E-state index contributed by atoms with van der Waals surface area (Å²) in [6.45, 7) is 1.30. The van der Waals surface area contributed by atoms with Gasteiger partial charge in [0.2, 0.25) is 0 Å². The first-order valence-corrected chi connectivity index (χ1v) is 5.51. The monoisotopic (exact) mass is 303 g/mol. The van der Waals surface area contributed by atoms with E-state index in [0.29, 0.717) is 13.1 Å². The molecule has 1 aromatic carbocycles. The number of rotatable bonds is 2. The molecule has 4 nitrogen and oxygen atoms in total. The van der Waals surface area contributed by atoms with E-state index in [2.05, 4.69) is 5.32 Å². The SMILES string of the molecule is Br.OC[C@@H]1CNC[C@H](O)[C@H]1c1ccc(O)cc1. The molecule has 1 saturated heterocycles. The molecule has 3 atom stereocenters. The Morgan fingerprint density at radius 2 is 1.82 bits per heavy atom. The fourth-order valence-corrected chi connectivity index (χ4v) is 2.35. The summed E-state index contributed by atoms with van der Waals surface area (Å²) in [7, 11) is 0. The van der Waals surface area contributed by atoms with Crippen LogP contribution in [0.5, 0.6) is 5.75 Å². The van der Waals surface area contributed by atoms with E-state index in [-0.39, 0.29) is 41.2 Å². The van der Waals surface area contributed by atoms with Crippen LogP contribution in [0.3, 0.4) is 0 Å². The highest BCUT2D eigenvalue weighted by Crippen LogP contribution is 2.31. The van der Waals surface area contributed by atoms with Crippen LogP contribution >= 0.6 is 17.0 Å². The second-order valence-electron chi connectivity index (χ2n) is 4.29. The molecule has 0 bridgehead atoms. The number of aliphatic hydroxyl groups excluding tert-OH is 2.